The van der Waals surface area contributed by atoms with Crippen LogP contribution in [0.2, 0.25) is 0 Å². The number of carbonyl (C=O) groups excluding carboxylic acids is 1. The quantitative estimate of drug-likeness (QED) is 0.551. The maximum absolute atomic E-state index is 11.8. The van der Waals surface area contributed by atoms with Crippen LogP contribution in [-0.4, -0.2) is 23.6 Å². The number of benzene rings is 2. The molecule has 0 bridgehead atoms. The summed E-state index contributed by atoms with van der Waals surface area (Å²) in [6, 6.07) is 14.6. The third-order valence-electron chi connectivity index (χ3n) is 4.36. The number of nitrogens with one attached hydrogen (secondary N) is 1. The van der Waals surface area contributed by atoms with Crippen LogP contribution in [0.15, 0.2) is 53.1 Å². The van der Waals surface area contributed by atoms with Crippen molar-refractivity contribution in [1.82, 2.24) is 5.16 Å². The summed E-state index contributed by atoms with van der Waals surface area (Å²) in [5, 5.41) is 18.0. The minimum absolute atomic E-state index is 0.376. The van der Waals surface area contributed by atoms with Gasteiger partial charge in [-0.1, -0.05) is 35.3 Å². The Labute approximate surface area is 158 Å². The number of aryl methyl sites for hydroxylation is 2. The van der Waals surface area contributed by atoms with Gasteiger partial charge in [-0.15, -0.1) is 0 Å². The number of aliphatic hydroxyl groups is 1. The molecule has 2 aromatic carbocycles. The number of carbonyl (C=O) groups is 1. The molecule has 0 amide bonds. The van der Waals surface area contributed by atoms with E-state index >= 15 is 0 Å². The molecule has 0 saturated carbocycles. The molecule has 27 heavy (non-hydrogen) atoms. The fraction of sp³-hybridized carbons (Fsp3) is 0.182. The third-order valence-corrected chi connectivity index (χ3v) is 4.36. The molecular weight excluding hydrogens is 340 g/mol. The van der Waals surface area contributed by atoms with Crippen molar-refractivity contribution in [3.8, 4) is 23.0 Å². The lowest BCUT2D eigenvalue weighted by Crippen LogP contribution is -2.26. The van der Waals surface area contributed by atoms with E-state index in [0.717, 1.165) is 16.8 Å². The molecule has 0 aliphatic heterocycles. The van der Waals surface area contributed by atoms with Crippen LogP contribution in [0.25, 0.3) is 11.1 Å². The average molecular weight is 360 g/mol. The number of aldehydes is 1. The molecule has 2 N–H and O–H groups in total. The summed E-state index contributed by atoms with van der Waals surface area (Å²) in [6.45, 7) is 3.67. The molecule has 1 atom stereocenters. The first kappa shape index (κ1) is 18.4. The van der Waals surface area contributed by atoms with Crippen LogP contribution in [0, 0.1) is 25.7 Å². The van der Waals surface area contributed by atoms with Crippen LogP contribution >= 0.6 is 0 Å². The Kier molecular flexibility index (Phi) is 5.11. The molecule has 1 aromatic heterocycles. The van der Waals surface area contributed by atoms with E-state index in [-0.39, 0.29) is 0 Å². The van der Waals surface area contributed by atoms with E-state index in [9.17, 15) is 9.90 Å². The van der Waals surface area contributed by atoms with Gasteiger partial charge < -0.3 is 14.9 Å². The molecule has 136 valence electrons. The van der Waals surface area contributed by atoms with Crippen LogP contribution in [0.5, 0.6) is 0 Å². The fourth-order valence-electron chi connectivity index (χ4n) is 2.98. The molecule has 5 heteroatoms. The van der Waals surface area contributed by atoms with Crippen LogP contribution in [0.1, 0.15) is 22.6 Å². The number of hydrogen-bond donors (Lipinski definition) is 2. The summed E-state index contributed by atoms with van der Waals surface area (Å²) < 4.78 is 5.24. The fourth-order valence-corrected chi connectivity index (χ4v) is 2.98. The van der Waals surface area contributed by atoms with Crippen molar-refractivity contribution in [1.29, 1.82) is 0 Å². The van der Waals surface area contributed by atoms with Crippen molar-refractivity contribution in [3.05, 3.63) is 71.1 Å². The van der Waals surface area contributed by atoms with Crippen molar-refractivity contribution >= 4 is 12.0 Å². The SMILES string of the molecule is CNc1ccc(-c2c(C)noc2C)cc1C(O)(C#Cc1ccccc1)C=O. The predicted molar refractivity (Wildman–Crippen MR) is 104 cm³/mol. The molecule has 0 aliphatic rings. The second-order valence-electron chi connectivity index (χ2n) is 6.21. The smallest absolute Gasteiger partial charge is 0.209 e. The second-order valence-corrected chi connectivity index (χ2v) is 6.21. The van der Waals surface area contributed by atoms with Gasteiger partial charge in [0.15, 0.2) is 6.29 Å². The first-order chi connectivity index (χ1) is 13.0. The Bertz CT molecular complexity index is 1010. The highest BCUT2D eigenvalue weighted by molar-refractivity contribution is 5.80. The van der Waals surface area contributed by atoms with Gasteiger partial charge in [0.1, 0.15) is 5.76 Å². The normalized spacial score (nSPS) is 12.6. The number of hydrogen-bond acceptors (Lipinski definition) is 5. The minimum Gasteiger partial charge on any atom is -0.388 e. The average Bonchev–Trinajstić information content (AvgIpc) is 3.04. The van der Waals surface area contributed by atoms with E-state index in [1.165, 1.54) is 0 Å². The molecule has 0 radical (unpaired) electrons. The zero-order valence-electron chi connectivity index (χ0n) is 15.4. The van der Waals surface area contributed by atoms with Crippen LogP contribution in [-0.2, 0) is 10.4 Å². The highest BCUT2D eigenvalue weighted by Gasteiger charge is 2.30. The maximum atomic E-state index is 11.8. The molecule has 1 heterocycles. The Morgan fingerprint density at radius 1 is 1.19 bits per heavy atom. The monoisotopic (exact) mass is 360 g/mol. The zero-order valence-corrected chi connectivity index (χ0v) is 15.4. The molecule has 1 unspecified atom stereocenters. The van der Waals surface area contributed by atoms with E-state index < -0.39 is 5.60 Å². The minimum atomic E-state index is -1.96. The largest absolute Gasteiger partial charge is 0.388 e. The van der Waals surface area contributed by atoms with Gasteiger partial charge in [-0.25, -0.2) is 0 Å². The van der Waals surface area contributed by atoms with Gasteiger partial charge in [0, 0.05) is 29.4 Å². The summed E-state index contributed by atoms with van der Waals surface area (Å²) in [5.74, 6) is 6.25. The van der Waals surface area contributed by atoms with Crippen molar-refractivity contribution < 1.29 is 14.4 Å². The molecule has 5 nitrogen and oxygen atoms in total. The van der Waals surface area contributed by atoms with Gasteiger partial charge in [0.2, 0.25) is 5.60 Å². The van der Waals surface area contributed by atoms with E-state index in [0.29, 0.717) is 28.9 Å². The van der Waals surface area contributed by atoms with Gasteiger partial charge in [-0.3, -0.25) is 4.79 Å². The number of nitrogens with zero attached hydrogens (tertiary/aromatic N) is 1. The summed E-state index contributed by atoms with van der Waals surface area (Å²) in [6.07, 6.45) is 0.455. The number of anilines is 1. The highest BCUT2D eigenvalue weighted by Crippen LogP contribution is 2.34. The standard InChI is InChI=1S/C22H20N2O3/c1-15-21(16(2)27-24-15)18-9-10-20(23-3)19(13-18)22(26,14-25)12-11-17-7-5-4-6-8-17/h4-10,13-14,23,26H,1-3H3. The van der Waals surface area contributed by atoms with E-state index in [1.54, 1.807) is 19.2 Å². The topological polar surface area (TPSA) is 75.4 Å². The van der Waals surface area contributed by atoms with Crippen molar-refractivity contribution in [3.63, 3.8) is 0 Å². The van der Waals surface area contributed by atoms with Gasteiger partial charge in [0.05, 0.1) is 5.69 Å². The molecule has 3 aromatic rings. The molecule has 3 rings (SSSR count). The van der Waals surface area contributed by atoms with E-state index in [2.05, 4.69) is 22.3 Å². The van der Waals surface area contributed by atoms with Crippen LogP contribution < -0.4 is 5.32 Å². The van der Waals surface area contributed by atoms with Gasteiger partial charge in [0.25, 0.3) is 0 Å². The van der Waals surface area contributed by atoms with E-state index in [4.69, 9.17) is 4.52 Å². The van der Waals surface area contributed by atoms with Crippen LogP contribution in [0.3, 0.4) is 0 Å². The van der Waals surface area contributed by atoms with Crippen LogP contribution in [0.4, 0.5) is 5.69 Å². The zero-order chi connectivity index (χ0) is 19.4. The lowest BCUT2D eigenvalue weighted by Gasteiger charge is -2.20. The lowest BCUT2D eigenvalue weighted by atomic mass is 9.90. The first-order valence-electron chi connectivity index (χ1n) is 8.51. The van der Waals surface area contributed by atoms with Gasteiger partial charge >= 0.3 is 0 Å². The summed E-state index contributed by atoms with van der Waals surface area (Å²) in [5.41, 5.74) is 2.11. The third kappa shape index (κ3) is 3.62. The Balaban J connectivity index is 2.14. The van der Waals surface area contributed by atoms with Crippen molar-refractivity contribution in [2.75, 3.05) is 12.4 Å². The Morgan fingerprint density at radius 2 is 1.93 bits per heavy atom. The molecule has 0 aliphatic carbocycles. The van der Waals surface area contributed by atoms with E-state index in [1.807, 2.05) is 50.2 Å². The Morgan fingerprint density at radius 3 is 2.52 bits per heavy atom. The molecule has 0 saturated heterocycles. The van der Waals surface area contributed by atoms with Crippen molar-refractivity contribution in [2.24, 2.45) is 0 Å². The predicted octanol–water partition coefficient (Wildman–Crippen LogP) is 3.44. The van der Waals surface area contributed by atoms with Gasteiger partial charge in [-0.05, 0) is 49.6 Å². The summed E-state index contributed by atoms with van der Waals surface area (Å²) in [7, 11) is 1.73. The van der Waals surface area contributed by atoms with Crippen molar-refractivity contribution in [2.45, 2.75) is 19.4 Å². The summed E-state index contributed by atoms with van der Waals surface area (Å²) >= 11 is 0. The molecular formula is C22H20N2O3. The second kappa shape index (κ2) is 7.48. The number of rotatable bonds is 4. The maximum Gasteiger partial charge on any atom is 0.209 e. The Hall–Kier alpha value is -3.36. The molecule has 0 fully saturated rings. The number of aromatic nitrogens is 1. The summed E-state index contributed by atoms with van der Waals surface area (Å²) in [4.78, 5) is 11.8. The van der Waals surface area contributed by atoms with Gasteiger partial charge in [-0.2, -0.15) is 0 Å². The lowest BCUT2D eigenvalue weighted by molar-refractivity contribution is -0.119. The first-order valence-corrected chi connectivity index (χ1v) is 8.51. The highest BCUT2D eigenvalue weighted by atomic mass is 16.5. The molecule has 0 spiro atoms.